The molecule has 7 nitrogen and oxygen atoms in total. The average Bonchev–Trinajstić information content (AvgIpc) is 3.10. The maximum atomic E-state index is 13.4. The molecule has 0 saturated carbocycles. The lowest BCUT2D eigenvalue weighted by atomic mass is 9.97. The van der Waals surface area contributed by atoms with E-state index in [-0.39, 0.29) is 27.7 Å². The zero-order valence-electron chi connectivity index (χ0n) is 19.1. The van der Waals surface area contributed by atoms with Crippen LogP contribution in [0.2, 0.25) is 5.02 Å². The topological polar surface area (TPSA) is 89.0 Å². The Morgan fingerprint density at radius 2 is 1.76 bits per heavy atom. The number of Topliss-reactive ketones (excluding diaryl/α,β-unsaturated/α-hetero) is 1. The van der Waals surface area contributed by atoms with Gasteiger partial charge in [-0.2, -0.15) is 0 Å². The molecule has 0 bridgehead atoms. The number of aliphatic hydroxyl groups is 1. The Morgan fingerprint density at radius 3 is 2.41 bits per heavy atom. The summed E-state index contributed by atoms with van der Waals surface area (Å²) < 4.78 is 10.7. The lowest BCUT2D eigenvalue weighted by Gasteiger charge is -2.26. The second kappa shape index (κ2) is 9.19. The first-order chi connectivity index (χ1) is 16.3. The SMILES string of the molecule is COc1cc(/C(O)=C2\C(=O)C(=O)N(c3cc(C)ccc3C)C2c2ccccn2)c(OC)cc1Cl. The number of carbonyl (C=O) groups excluding carboxylic acids is 2. The third-order valence-corrected chi connectivity index (χ3v) is 6.06. The number of ether oxygens (including phenoxy) is 2. The first-order valence-electron chi connectivity index (χ1n) is 10.5. The van der Waals surface area contributed by atoms with Crippen molar-refractivity contribution in [3.63, 3.8) is 0 Å². The van der Waals surface area contributed by atoms with Crippen LogP contribution in [-0.4, -0.2) is 36.0 Å². The van der Waals surface area contributed by atoms with Crippen LogP contribution in [0, 0.1) is 13.8 Å². The van der Waals surface area contributed by atoms with Gasteiger partial charge in [-0.1, -0.05) is 29.8 Å². The van der Waals surface area contributed by atoms with Gasteiger partial charge in [-0.15, -0.1) is 0 Å². The van der Waals surface area contributed by atoms with E-state index in [4.69, 9.17) is 21.1 Å². The van der Waals surface area contributed by atoms with Crippen molar-refractivity contribution in [1.29, 1.82) is 0 Å². The van der Waals surface area contributed by atoms with Gasteiger partial charge in [-0.05, 0) is 49.2 Å². The highest BCUT2D eigenvalue weighted by Crippen LogP contribution is 2.45. The van der Waals surface area contributed by atoms with Crippen molar-refractivity contribution < 1.29 is 24.2 Å². The Morgan fingerprint density at radius 1 is 1.03 bits per heavy atom. The number of methoxy groups -OCH3 is 2. The number of carbonyl (C=O) groups is 2. The molecule has 4 rings (SSSR count). The highest BCUT2D eigenvalue weighted by Gasteiger charge is 2.48. The summed E-state index contributed by atoms with van der Waals surface area (Å²) in [5, 5.41) is 11.7. The standard InChI is InChI=1S/C26H23ClN2O5/c1-14-8-9-15(2)19(11-14)29-23(18-7-5-6-10-28-18)22(25(31)26(29)32)24(30)16-12-21(34-4)17(27)13-20(16)33-3/h5-13,23,30H,1-4H3/b24-22+. The molecule has 0 aliphatic carbocycles. The van der Waals surface area contributed by atoms with E-state index < -0.39 is 23.5 Å². The molecule has 2 heterocycles. The molecule has 2 aromatic carbocycles. The van der Waals surface area contributed by atoms with Gasteiger partial charge in [0.05, 0.1) is 36.1 Å². The van der Waals surface area contributed by atoms with Gasteiger partial charge in [-0.25, -0.2) is 0 Å². The summed E-state index contributed by atoms with van der Waals surface area (Å²) in [7, 11) is 2.85. The smallest absolute Gasteiger partial charge is 0.300 e. The van der Waals surface area contributed by atoms with Crippen molar-refractivity contribution in [2.24, 2.45) is 0 Å². The fraction of sp³-hybridized carbons (Fsp3) is 0.192. The molecule has 1 atom stereocenters. The van der Waals surface area contributed by atoms with Crippen molar-refractivity contribution in [1.82, 2.24) is 4.98 Å². The Bertz CT molecular complexity index is 1320. The number of nitrogens with zero attached hydrogens (tertiary/aromatic N) is 2. The number of hydrogen-bond donors (Lipinski definition) is 1. The maximum Gasteiger partial charge on any atom is 0.300 e. The van der Waals surface area contributed by atoms with Crippen LogP contribution in [0.25, 0.3) is 5.76 Å². The van der Waals surface area contributed by atoms with E-state index in [0.29, 0.717) is 11.4 Å². The van der Waals surface area contributed by atoms with Crippen LogP contribution < -0.4 is 14.4 Å². The molecule has 1 aliphatic rings. The summed E-state index contributed by atoms with van der Waals surface area (Å²) in [6, 6.07) is 12.8. The van der Waals surface area contributed by atoms with E-state index in [1.165, 1.54) is 31.3 Å². The van der Waals surface area contributed by atoms with Crippen molar-refractivity contribution in [3.05, 3.63) is 87.7 Å². The second-order valence-electron chi connectivity index (χ2n) is 7.90. The average molecular weight is 479 g/mol. The number of aromatic nitrogens is 1. The van der Waals surface area contributed by atoms with Gasteiger partial charge >= 0.3 is 0 Å². The monoisotopic (exact) mass is 478 g/mol. The van der Waals surface area contributed by atoms with E-state index in [1.54, 1.807) is 24.4 Å². The number of ketones is 1. The number of aliphatic hydroxyl groups excluding tert-OH is 1. The Kier molecular flexibility index (Phi) is 6.30. The molecule has 174 valence electrons. The highest BCUT2D eigenvalue weighted by atomic mass is 35.5. The van der Waals surface area contributed by atoms with Crippen molar-refractivity contribution in [3.8, 4) is 11.5 Å². The summed E-state index contributed by atoms with van der Waals surface area (Å²) in [5.41, 5.74) is 2.79. The van der Waals surface area contributed by atoms with Crippen LogP contribution in [0.4, 0.5) is 5.69 Å². The predicted molar refractivity (Wildman–Crippen MR) is 129 cm³/mol. The Hall–Kier alpha value is -3.84. The molecule has 34 heavy (non-hydrogen) atoms. The van der Waals surface area contributed by atoms with Gasteiger partial charge in [0.2, 0.25) is 0 Å². The number of anilines is 1. The molecule has 8 heteroatoms. The van der Waals surface area contributed by atoms with Crippen LogP contribution in [0.5, 0.6) is 11.5 Å². The third kappa shape index (κ3) is 3.88. The number of hydrogen-bond acceptors (Lipinski definition) is 6. The zero-order valence-corrected chi connectivity index (χ0v) is 19.9. The molecular formula is C26H23ClN2O5. The minimum absolute atomic E-state index is 0.104. The normalized spacial score (nSPS) is 17.2. The zero-order chi connectivity index (χ0) is 24.6. The van der Waals surface area contributed by atoms with Crippen LogP contribution >= 0.6 is 11.6 Å². The molecule has 1 saturated heterocycles. The van der Waals surface area contributed by atoms with Crippen LogP contribution in [0.3, 0.4) is 0 Å². The van der Waals surface area contributed by atoms with E-state index in [2.05, 4.69) is 4.98 Å². The molecule has 0 radical (unpaired) electrons. The summed E-state index contributed by atoms with van der Waals surface area (Å²) in [5.74, 6) is -1.49. The molecule has 1 fully saturated rings. The number of aryl methyl sites for hydroxylation is 2. The Labute approximate surface area is 202 Å². The largest absolute Gasteiger partial charge is 0.507 e. The van der Waals surface area contributed by atoms with E-state index >= 15 is 0 Å². The minimum Gasteiger partial charge on any atom is -0.507 e. The fourth-order valence-electron chi connectivity index (χ4n) is 4.07. The lowest BCUT2D eigenvalue weighted by Crippen LogP contribution is -2.30. The van der Waals surface area contributed by atoms with Crippen molar-refractivity contribution in [2.75, 3.05) is 19.1 Å². The third-order valence-electron chi connectivity index (χ3n) is 5.77. The first-order valence-corrected chi connectivity index (χ1v) is 10.9. The first kappa shape index (κ1) is 23.3. The highest BCUT2D eigenvalue weighted by molar-refractivity contribution is 6.51. The second-order valence-corrected chi connectivity index (χ2v) is 8.31. The number of amides is 1. The predicted octanol–water partition coefficient (Wildman–Crippen LogP) is 5.00. The molecule has 1 aliphatic heterocycles. The lowest BCUT2D eigenvalue weighted by molar-refractivity contribution is -0.132. The van der Waals surface area contributed by atoms with Gasteiger partial charge in [0, 0.05) is 18.0 Å². The molecule has 3 aromatic rings. The summed E-state index contributed by atoms with van der Waals surface area (Å²) >= 11 is 6.21. The van der Waals surface area contributed by atoms with Crippen LogP contribution in [0.15, 0.2) is 60.3 Å². The van der Waals surface area contributed by atoms with Gasteiger partial charge in [0.25, 0.3) is 11.7 Å². The van der Waals surface area contributed by atoms with Crippen molar-refractivity contribution >= 4 is 34.7 Å². The molecule has 1 aromatic heterocycles. The Balaban J connectivity index is 2.02. The number of rotatable bonds is 5. The quantitative estimate of drug-likeness (QED) is 0.315. The van der Waals surface area contributed by atoms with E-state index in [9.17, 15) is 14.7 Å². The molecular weight excluding hydrogens is 456 g/mol. The van der Waals surface area contributed by atoms with Gasteiger partial charge in [0.15, 0.2) is 0 Å². The fourth-order valence-corrected chi connectivity index (χ4v) is 4.30. The minimum atomic E-state index is -0.951. The van der Waals surface area contributed by atoms with Gasteiger partial charge in [0.1, 0.15) is 23.3 Å². The summed E-state index contributed by atoms with van der Waals surface area (Å²) in [6.45, 7) is 3.76. The molecule has 0 spiro atoms. The molecule has 1 unspecified atom stereocenters. The van der Waals surface area contributed by atoms with Crippen molar-refractivity contribution in [2.45, 2.75) is 19.9 Å². The molecule has 1 N–H and O–H groups in total. The van der Waals surface area contributed by atoms with Crippen LogP contribution in [-0.2, 0) is 9.59 Å². The van der Waals surface area contributed by atoms with E-state index in [1.807, 2.05) is 32.0 Å². The van der Waals surface area contributed by atoms with E-state index in [0.717, 1.165) is 11.1 Å². The number of benzene rings is 2. The van der Waals surface area contributed by atoms with Crippen LogP contribution in [0.1, 0.15) is 28.4 Å². The van der Waals surface area contributed by atoms with Gasteiger partial charge in [-0.3, -0.25) is 19.5 Å². The van der Waals surface area contributed by atoms with Gasteiger partial charge < -0.3 is 14.6 Å². The number of pyridine rings is 1. The summed E-state index contributed by atoms with van der Waals surface area (Å²) in [6.07, 6.45) is 1.57. The molecule has 1 amide bonds. The maximum absolute atomic E-state index is 13.4. The summed E-state index contributed by atoms with van der Waals surface area (Å²) in [4.78, 5) is 32.5. The number of halogens is 1.